The van der Waals surface area contributed by atoms with Gasteiger partial charge in [-0.25, -0.2) is 4.98 Å². The molecule has 2 saturated carbocycles. The van der Waals surface area contributed by atoms with Crippen LogP contribution in [0.25, 0.3) is 0 Å². The summed E-state index contributed by atoms with van der Waals surface area (Å²) in [6, 6.07) is -0.514. The van der Waals surface area contributed by atoms with Crippen molar-refractivity contribution in [1.29, 1.82) is 0 Å². The maximum Gasteiger partial charge on any atom is 0.226 e. The van der Waals surface area contributed by atoms with Crippen LogP contribution in [0.5, 0.6) is 0 Å². The van der Waals surface area contributed by atoms with E-state index in [1.54, 1.807) is 5.51 Å². The van der Waals surface area contributed by atoms with Crippen molar-refractivity contribution >= 4 is 28.9 Å². The van der Waals surface area contributed by atoms with Crippen molar-refractivity contribution in [2.45, 2.75) is 129 Å². The highest BCUT2D eigenvalue weighted by molar-refractivity contribution is 7.07. The Morgan fingerprint density at radius 2 is 1.66 bits per heavy atom. The molecule has 2 aliphatic carbocycles. The van der Waals surface area contributed by atoms with Crippen LogP contribution < -0.4 is 5.32 Å². The summed E-state index contributed by atoms with van der Waals surface area (Å²) in [5, 5.41) is 27.4. The van der Waals surface area contributed by atoms with Crippen LogP contribution in [0.2, 0.25) is 0 Å². The Morgan fingerprint density at radius 3 is 2.22 bits per heavy atom. The summed E-state index contributed by atoms with van der Waals surface area (Å²) in [7, 11) is 0. The van der Waals surface area contributed by atoms with Gasteiger partial charge in [-0.1, -0.05) is 65.2 Å². The molecular formula is C32H53N3O5S. The fourth-order valence-corrected chi connectivity index (χ4v) is 7.29. The molecule has 1 aromatic heterocycles. The van der Waals surface area contributed by atoms with Gasteiger partial charge in [0.25, 0.3) is 0 Å². The molecule has 4 atom stereocenters. The smallest absolute Gasteiger partial charge is 0.226 e. The summed E-state index contributed by atoms with van der Waals surface area (Å²) >= 11 is 1.45. The zero-order valence-electron chi connectivity index (χ0n) is 25.4. The highest BCUT2D eigenvalue weighted by Gasteiger charge is 2.40. The first-order chi connectivity index (χ1) is 19.6. The molecule has 0 radical (unpaired) electrons. The van der Waals surface area contributed by atoms with Gasteiger partial charge in [0.05, 0.1) is 35.8 Å². The van der Waals surface area contributed by atoms with Crippen LogP contribution in [0.1, 0.15) is 110 Å². The van der Waals surface area contributed by atoms with Crippen molar-refractivity contribution in [1.82, 2.24) is 15.2 Å². The monoisotopic (exact) mass is 591 g/mol. The number of carbonyl (C=O) groups excluding carboxylic acids is 3. The number of amides is 2. The largest absolute Gasteiger partial charge is 0.390 e. The van der Waals surface area contributed by atoms with E-state index in [9.17, 15) is 24.6 Å². The molecule has 0 aromatic carbocycles. The second-order valence-electron chi connectivity index (χ2n) is 13.1. The number of nitrogens with zero attached hydrogens (tertiary/aromatic N) is 2. The average Bonchev–Trinajstić information content (AvgIpc) is 3.46. The number of aromatic nitrogens is 1. The summed E-state index contributed by atoms with van der Waals surface area (Å²) in [4.78, 5) is 45.3. The number of nitrogens with one attached hydrogen (secondary N) is 1. The maximum atomic E-state index is 14.6. The van der Waals surface area contributed by atoms with Gasteiger partial charge in [0.1, 0.15) is 11.9 Å². The minimum atomic E-state index is -1.06. The summed E-state index contributed by atoms with van der Waals surface area (Å²) in [6.07, 6.45) is 10.6. The minimum Gasteiger partial charge on any atom is -0.390 e. The van der Waals surface area contributed by atoms with Crippen LogP contribution in [0, 0.1) is 23.7 Å². The van der Waals surface area contributed by atoms with Crippen molar-refractivity contribution in [3.8, 4) is 0 Å². The van der Waals surface area contributed by atoms with E-state index in [4.69, 9.17) is 0 Å². The molecule has 0 aliphatic heterocycles. The normalized spacial score (nSPS) is 19.9. The van der Waals surface area contributed by atoms with E-state index in [-0.39, 0.29) is 36.5 Å². The second-order valence-corrected chi connectivity index (χ2v) is 13.8. The van der Waals surface area contributed by atoms with E-state index in [0.717, 1.165) is 57.1 Å². The van der Waals surface area contributed by atoms with Crippen LogP contribution >= 0.6 is 11.3 Å². The fourth-order valence-electron chi connectivity index (χ4n) is 6.72. The van der Waals surface area contributed by atoms with Crippen molar-refractivity contribution in [2.24, 2.45) is 23.7 Å². The van der Waals surface area contributed by atoms with E-state index >= 15 is 0 Å². The van der Waals surface area contributed by atoms with Gasteiger partial charge in [-0.15, -0.1) is 11.3 Å². The van der Waals surface area contributed by atoms with Crippen LogP contribution in [-0.2, 0) is 20.8 Å². The lowest BCUT2D eigenvalue weighted by molar-refractivity contribution is -0.147. The molecule has 3 rings (SSSR count). The number of aliphatic hydroxyl groups is 2. The predicted molar refractivity (Wildman–Crippen MR) is 162 cm³/mol. The van der Waals surface area contributed by atoms with Gasteiger partial charge in [0.15, 0.2) is 0 Å². The van der Waals surface area contributed by atoms with Gasteiger partial charge in [-0.05, 0) is 50.4 Å². The van der Waals surface area contributed by atoms with Gasteiger partial charge in [-0.2, -0.15) is 0 Å². The van der Waals surface area contributed by atoms with Gasteiger partial charge < -0.3 is 20.4 Å². The van der Waals surface area contributed by atoms with Gasteiger partial charge in [-0.3, -0.25) is 14.4 Å². The summed E-state index contributed by atoms with van der Waals surface area (Å²) in [5.41, 5.74) is 2.49. The lowest BCUT2D eigenvalue weighted by Gasteiger charge is -2.42. The number of Topliss-reactive ketones (excluding diaryl/α,β-unsaturated/α-hetero) is 1. The number of ketones is 1. The van der Waals surface area contributed by atoms with E-state index in [2.05, 4.69) is 10.3 Å². The number of aliphatic hydroxyl groups excluding tert-OH is 2. The molecule has 8 nitrogen and oxygen atoms in total. The first-order valence-corrected chi connectivity index (χ1v) is 16.9. The first-order valence-electron chi connectivity index (χ1n) is 15.9. The molecule has 2 fully saturated rings. The van der Waals surface area contributed by atoms with E-state index < -0.39 is 24.2 Å². The maximum absolute atomic E-state index is 14.6. The Labute approximate surface area is 250 Å². The summed E-state index contributed by atoms with van der Waals surface area (Å²) in [5.74, 6) is -0.367. The van der Waals surface area contributed by atoms with Crippen molar-refractivity contribution in [3.05, 3.63) is 16.6 Å². The molecule has 0 unspecified atom stereocenters. The standard InChI is InChI=1S/C32H53N3O5S/c1-22(2)14-29(37)31(39)28(15-24-10-6-4-7-11-24)35(19-25-12-8-5-9-13-25)32(40)26(16-27-20-41-21-34-27)17-30(38)33-18-23(3)36/h20-22,24-26,28-29,31,37,39H,4-19H2,1-3H3,(H,33,38)/t26-,28+,29+,31-/m1/s1. The Kier molecular flexibility index (Phi) is 14.2. The number of thiazole rings is 1. The van der Waals surface area contributed by atoms with Gasteiger partial charge >= 0.3 is 0 Å². The van der Waals surface area contributed by atoms with Crippen LogP contribution in [-0.4, -0.2) is 69.0 Å². The van der Waals surface area contributed by atoms with Crippen LogP contribution in [0.15, 0.2) is 10.9 Å². The molecule has 2 aliphatic rings. The second kappa shape index (κ2) is 17.3. The third-order valence-corrected chi connectivity index (χ3v) is 9.55. The molecule has 2 amide bonds. The summed E-state index contributed by atoms with van der Waals surface area (Å²) in [6.45, 7) is 5.95. The van der Waals surface area contributed by atoms with Crippen molar-refractivity contribution in [3.63, 3.8) is 0 Å². The molecular weight excluding hydrogens is 538 g/mol. The van der Waals surface area contributed by atoms with E-state index in [0.29, 0.717) is 37.6 Å². The fraction of sp³-hybridized carbons (Fsp3) is 0.812. The molecule has 3 N–H and O–H groups in total. The predicted octanol–water partition coefficient (Wildman–Crippen LogP) is 4.91. The Bertz CT molecular complexity index is 928. The Balaban J connectivity index is 1.94. The van der Waals surface area contributed by atoms with Crippen molar-refractivity contribution < 1.29 is 24.6 Å². The highest BCUT2D eigenvalue weighted by Crippen LogP contribution is 2.34. The molecule has 0 bridgehead atoms. The lowest BCUT2D eigenvalue weighted by Crippen LogP contribution is -2.55. The van der Waals surface area contributed by atoms with Gasteiger partial charge in [0.2, 0.25) is 11.8 Å². The molecule has 41 heavy (non-hydrogen) atoms. The van der Waals surface area contributed by atoms with Crippen LogP contribution in [0.4, 0.5) is 0 Å². The topological polar surface area (TPSA) is 120 Å². The quantitative estimate of drug-likeness (QED) is 0.251. The molecule has 0 saturated heterocycles. The average molecular weight is 592 g/mol. The third-order valence-electron chi connectivity index (χ3n) is 8.92. The molecule has 1 heterocycles. The number of hydrogen-bond acceptors (Lipinski definition) is 7. The Hall–Kier alpha value is -1.84. The molecule has 9 heteroatoms. The van der Waals surface area contributed by atoms with E-state index in [1.165, 1.54) is 31.1 Å². The first kappa shape index (κ1) is 33.7. The van der Waals surface area contributed by atoms with Crippen LogP contribution in [0.3, 0.4) is 0 Å². The Morgan fingerprint density at radius 1 is 1.02 bits per heavy atom. The zero-order chi connectivity index (χ0) is 29.8. The zero-order valence-corrected chi connectivity index (χ0v) is 26.2. The third kappa shape index (κ3) is 11.4. The number of hydrogen-bond donors (Lipinski definition) is 3. The molecule has 232 valence electrons. The molecule has 0 spiro atoms. The SMILES string of the molecule is CC(=O)CNC(=O)C[C@@H](Cc1cscn1)C(=O)N(CC1CCCCC1)[C@@H](CC1CCCCC1)[C@@H](O)[C@@H](O)CC(C)C. The van der Waals surface area contributed by atoms with E-state index in [1.807, 2.05) is 24.1 Å². The molecule has 1 aromatic rings. The highest BCUT2D eigenvalue weighted by atomic mass is 32.1. The number of carbonyl (C=O) groups is 3. The van der Waals surface area contributed by atoms with Crippen molar-refractivity contribution in [2.75, 3.05) is 13.1 Å². The minimum absolute atomic E-state index is 0.0500. The number of rotatable bonds is 16. The van der Waals surface area contributed by atoms with Gasteiger partial charge in [0, 0.05) is 24.8 Å². The lowest BCUT2D eigenvalue weighted by atomic mass is 9.80. The summed E-state index contributed by atoms with van der Waals surface area (Å²) < 4.78 is 0.